The minimum Gasteiger partial charge on any atom is -0.464 e. The van der Waals surface area contributed by atoms with Crippen LogP contribution in [0.25, 0.3) is 0 Å². The van der Waals surface area contributed by atoms with Crippen LogP contribution in [0.3, 0.4) is 0 Å². The predicted octanol–water partition coefficient (Wildman–Crippen LogP) is 2.80. The molecular weight excluding hydrogens is 202 g/mol. The van der Waals surface area contributed by atoms with Crippen LogP contribution in [0.1, 0.15) is 35.9 Å². The smallest absolute Gasteiger partial charge is 0.354 e. The minimum atomic E-state index is -0.287. The average molecular weight is 221 g/mol. The van der Waals surface area contributed by atoms with E-state index in [1.807, 2.05) is 16.7 Å². The summed E-state index contributed by atoms with van der Waals surface area (Å²) in [7, 11) is 1.40. The standard InChI is InChI=1S/C13H19NO2/c1-4-6-7-11-8-9-12(13(15)16-3)14(11)10-5-2/h5,8-9H,2,4,6-7,10H2,1,3H3. The third-order valence-corrected chi connectivity index (χ3v) is 2.56. The van der Waals surface area contributed by atoms with E-state index in [0.717, 1.165) is 19.3 Å². The lowest BCUT2D eigenvalue weighted by Crippen LogP contribution is -2.12. The van der Waals surface area contributed by atoms with Crippen LogP contribution in [0.5, 0.6) is 0 Å². The molecule has 0 bridgehead atoms. The van der Waals surface area contributed by atoms with E-state index in [0.29, 0.717) is 12.2 Å². The normalized spacial score (nSPS) is 10.1. The Kier molecular flexibility index (Phi) is 4.83. The van der Waals surface area contributed by atoms with Crippen LogP contribution in [0.4, 0.5) is 0 Å². The summed E-state index contributed by atoms with van der Waals surface area (Å²) < 4.78 is 6.71. The second-order valence-electron chi connectivity index (χ2n) is 3.70. The van der Waals surface area contributed by atoms with Crippen LogP contribution in [0, 0.1) is 0 Å². The number of aryl methyl sites for hydroxylation is 1. The molecule has 0 aliphatic rings. The monoisotopic (exact) mass is 221 g/mol. The Morgan fingerprint density at radius 2 is 2.31 bits per heavy atom. The summed E-state index contributed by atoms with van der Waals surface area (Å²) in [6, 6.07) is 3.81. The molecule has 0 fully saturated rings. The van der Waals surface area contributed by atoms with Gasteiger partial charge in [-0.2, -0.15) is 0 Å². The molecule has 0 spiro atoms. The van der Waals surface area contributed by atoms with E-state index < -0.39 is 0 Å². The Bertz CT molecular complexity index is 366. The number of allylic oxidation sites excluding steroid dienone is 1. The van der Waals surface area contributed by atoms with Crippen molar-refractivity contribution < 1.29 is 9.53 Å². The van der Waals surface area contributed by atoms with E-state index in [-0.39, 0.29) is 5.97 Å². The quantitative estimate of drug-likeness (QED) is 0.546. The molecule has 1 heterocycles. The zero-order valence-corrected chi connectivity index (χ0v) is 10.0. The number of esters is 1. The van der Waals surface area contributed by atoms with Gasteiger partial charge in [0.15, 0.2) is 0 Å². The Morgan fingerprint density at radius 3 is 2.88 bits per heavy atom. The van der Waals surface area contributed by atoms with Crippen LogP contribution in [-0.2, 0) is 17.7 Å². The molecule has 0 aliphatic heterocycles. The van der Waals surface area contributed by atoms with E-state index in [4.69, 9.17) is 4.74 Å². The van der Waals surface area contributed by atoms with Gasteiger partial charge in [-0.1, -0.05) is 19.4 Å². The van der Waals surface area contributed by atoms with Gasteiger partial charge in [-0.3, -0.25) is 0 Å². The number of rotatable bonds is 6. The van der Waals surface area contributed by atoms with Gasteiger partial charge >= 0.3 is 5.97 Å². The fourth-order valence-electron chi connectivity index (χ4n) is 1.71. The molecule has 0 unspecified atom stereocenters. The Balaban J connectivity index is 2.96. The summed E-state index contributed by atoms with van der Waals surface area (Å²) in [6.07, 6.45) is 5.05. The highest BCUT2D eigenvalue weighted by Crippen LogP contribution is 2.13. The number of unbranched alkanes of at least 4 members (excludes halogenated alkanes) is 1. The molecule has 0 amide bonds. The number of methoxy groups -OCH3 is 1. The molecule has 1 rings (SSSR count). The topological polar surface area (TPSA) is 31.2 Å². The summed E-state index contributed by atoms with van der Waals surface area (Å²) >= 11 is 0. The van der Waals surface area contributed by atoms with Gasteiger partial charge in [0, 0.05) is 12.2 Å². The van der Waals surface area contributed by atoms with Crippen LogP contribution in [0.15, 0.2) is 24.8 Å². The molecule has 0 atom stereocenters. The number of hydrogen-bond donors (Lipinski definition) is 0. The van der Waals surface area contributed by atoms with Crippen molar-refractivity contribution in [3.8, 4) is 0 Å². The van der Waals surface area contributed by atoms with Crippen molar-refractivity contribution in [2.45, 2.75) is 32.7 Å². The molecule has 16 heavy (non-hydrogen) atoms. The second-order valence-corrected chi connectivity index (χ2v) is 3.70. The predicted molar refractivity (Wildman–Crippen MR) is 64.6 cm³/mol. The fraction of sp³-hybridized carbons (Fsp3) is 0.462. The number of nitrogens with zero attached hydrogens (tertiary/aromatic N) is 1. The fourth-order valence-corrected chi connectivity index (χ4v) is 1.71. The maximum Gasteiger partial charge on any atom is 0.354 e. The van der Waals surface area contributed by atoms with Crippen molar-refractivity contribution in [2.75, 3.05) is 7.11 Å². The average Bonchev–Trinajstić information content (AvgIpc) is 2.69. The molecule has 3 heteroatoms. The lowest BCUT2D eigenvalue weighted by atomic mass is 10.2. The lowest BCUT2D eigenvalue weighted by Gasteiger charge is -2.09. The molecule has 0 aliphatic carbocycles. The van der Waals surface area contributed by atoms with E-state index in [9.17, 15) is 4.79 Å². The Hall–Kier alpha value is -1.51. The van der Waals surface area contributed by atoms with E-state index in [1.54, 1.807) is 6.08 Å². The molecule has 1 aromatic rings. The van der Waals surface area contributed by atoms with Crippen molar-refractivity contribution in [2.24, 2.45) is 0 Å². The highest BCUT2D eigenvalue weighted by molar-refractivity contribution is 5.87. The van der Waals surface area contributed by atoms with Crippen LogP contribution < -0.4 is 0 Å². The van der Waals surface area contributed by atoms with Gasteiger partial charge in [-0.25, -0.2) is 4.79 Å². The van der Waals surface area contributed by atoms with Gasteiger partial charge in [-0.05, 0) is 25.0 Å². The van der Waals surface area contributed by atoms with Gasteiger partial charge in [0.25, 0.3) is 0 Å². The van der Waals surface area contributed by atoms with E-state index in [2.05, 4.69) is 13.5 Å². The van der Waals surface area contributed by atoms with Crippen LogP contribution in [-0.4, -0.2) is 17.6 Å². The summed E-state index contributed by atoms with van der Waals surface area (Å²) in [4.78, 5) is 11.5. The summed E-state index contributed by atoms with van der Waals surface area (Å²) in [5, 5.41) is 0. The first-order chi connectivity index (χ1) is 7.74. The molecule has 0 aromatic carbocycles. The van der Waals surface area contributed by atoms with Gasteiger partial charge < -0.3 is 9.30 Å². The first-order valence-electron chi connectivity index (χ1n) is 5.62. The van der Waals surface area contributed by atoms with Crippen molar-refractivity contribution in [1.82, 2.24) is 4.57 Å². The Labute approximate surface area is 96.7 Å². The van der Waals surface area contributed by atoms with Gasteiger partial charge in [-0.15, -0.1) is 6.58 Å². The van der Waals surface area contributed by atoms with E-state index >= 15 is 0 Å². The molecule has 0 N–H and O–H groups in total. The molecule has 0 saturated carbocycles. The van der Waals surface area contributed by atoms with Crippen molar-refractivity contribution >= 4 is 5.97 Å². The van der Waals surface area contributed by atoms with Crippen molar-refractivity contribution in [3.63, 3.8) is 0 Å². The molecule has 88 valence electrons. The first kappa shape index (κ1) is 12.6. The molecule has 1 aromatic heterocycles. The van der Waals surface area contributed by atoms with Gasteiger partial charge in [0.2, 0.25) is 0 Å². The largest absolute Gasteiger partial charge is 0.464 e. The zero-order chi connectivity index (χ0) is 12.0. The molecule has 3 nitrogen and oxygen atoms in total. The highest BCUT2D eigenvalue weighted by Gasteiger charge is 2.13. The molecule has 0 radical (unpaired) electrons. The Morgan fingerprint density at radius 1 is 1.56 bits per heavy atom. The van der Waals surface area contributed by atoms with E-state index in [1.165, 1.54) is 12.8 Å². The van der Waals surface area contributed by atoms with Gasteiger partial charge in [0.05, 0.1) is 7.11 Å². The highest BCUT2D eigenvalue weighted by atomic mass is 16.5. The number of carbonyl (C=O) groups is 1. The minimum absolute atomic E-state index is 0.287. The maximum atomic E-state index is 11.5. The van der Waals surface area contributed by atoms with Crippen LogP contribution in [0.2, 0.25) is 0 Å². The number of aromatic nitrogens is 1. The number of carbonyl (C=O) groups excluding carboxylic acids is 1. The molecule has 0 saturated heterocycles. The number of hydrogen-bond acceptors (Lipinski definition) is 2. The summed E-state index contributed by atoms with van der Waals surface area (Å²) in [5.41, 5.74) is 1.77. The summed E-state index contributed by atoms with van der Waals surface area (Å²) in [6.45, 7) is 6.51. The maximum absolute atomic E-state index is 11.5. The van der Waals surface area contributed by atoms with Crippen molar-refractivity contribution in [1.29, 1.82) is 0 Å². The first-order valence-corrected chi connectivity index (χ1v) is 5.62. The van der Waals surface area contributed by atoms with Crippen molar-refractivity contribution in [3.05, 3.63) is 36.2 Å². The van der Waals surface area contributed by atoms with Crippen LogP contribution >= 0.6 is 0 Å². The van der Waals surface area contributed by atoms with Gasteiger partial charge in [0.1, 0.15) is 5.69 Å². The molecular formula is C13H19NO2. The number of ether oxygens (including phenoxy) is 1. The summed E-state index contributed by atoms with van der Waals surface area (Å²) in [5.74, 6) is -0.287. The third kappa shape index (κ3) is 2.75. The lowest BCUT2D eigenvalue weighted by molar-refractivity contribution is 0.0588. The third-order valence-electron chi connectivity index (χ3n) is 2.56. The zero-order valence-electron chi connectivity index (χ0n) is 10.0. The second kappa shape index (κ2) is 6.16. The SMILES string of the molecule is C=CCn1c(CCCC)ccc1C(=O)OC.